The fourth-order valence-corrected chi connectivity index (χ4v) is 1.61. The summed E-state index contributed by atoms with van der Waals surface area (Å²) in [6, 6.07) is 12.2. The number of para-hydroxylation sites is 1. The first-order valence-corrected chi connectivity index (χ1v) is 5.17. The van der Waals surface area contributed by atoms with Gasteiger partial charge in [-0.05, 0) is 6.07 Å². The molecule has 2 rings (SSSR count). The minimum Gasteiger partial charge on any atom is -0.502 e. The van der Waals surface area contributed by atoms with E-state index in [2.05, 4.69) is 0 Å². The van der Waals surface area contributed by atoms with Crippen LogP contribution in [0.5, 0.6) is 5.75 Å². The number of hydrogen-bond donors (Lipinski definition) is 1. The van der Waals surface area contributed by atoms with E-state index in [1.807, 2.05) is 0 Å². The van der Waals surface area contributed by atoms with E-state index in [0.29, 0.717) is 5.56 Å². The van der Waals surface area contributed by atoms with Crippen molar-refractivity contribution in [2.75, 3.05) is 0 Å². The van der Waals surface area contributed by atoms with Gasteiger partial charge in [-0.25, -0.2) is 0 Å². The molecule has 0 heterocycles. The third kappa shape index (κ3) is 2.06. The van der Waals surface area contributed by atoms with Crippen LogP contribution in [0, 0.1) is 10.1 Å². The summed E-state index contributed by atoms with van der Waals surface area (Å²) < 4.78 is 0. The number of hydrogen-bond acceptors (Lipinski definition) is 4. The van der Waals surface area contributed by atoms with Crippen LogP contribution in [0.2, 0.25) is 0 Å². The maximum absolute atomic E-state index is 12.1. The molecule has 0 amide bonds. The van der Waals surface area contributed by atoms with Crippen LogP contribution in [0.1, 0.15) is 15.9 Å². The van der Waals surface area contributed by atoms with Gasteiger partial charge in [-0.3, -0.25) is 14.9 Å². The predicted molar refractivity (Wildman–Crippen MR) is 64.6 cm³/mol. The van der Waals surface area contributed by atoms with E-state index in [4.69, 9.17) is 0 Å². The average molecular weight is 243 g/mol. The van der Waals surface area contributed by atoms with Crippen molar-refractivity contribution in [2.45, 2.75) is 0 Å². The van der Waals surface area contributed by atoms with Crippen molar-refractivity contribution in [1.82, 2.24) is 0 Å². The molecule has 0 bridgehead atoms. The van der Waals surface area contributed by atoms with E-state index >= 15 is 0 Å². The van der Waals surface area contributed by atoms with E-state index in [1.54, 1.807) is 30.3 Å². The number of ketones is 1. The van der Waals surface area contributed by atoms with E-state index in [1.165, 1.54) is 12.1 Å². The summed E-state index contributed by atoms with van der Waals surface area (Å²) in [6.45, 7) is 0. The SMILES string of the molecule is O=C(c1ccccc1)c1cccc([N+](=O)[O-])c1O. The number of nitrogens with zero attached hydrogens (tertiary/aromatic N) is 1. The second-order valence-corrected chi connectivity index (χ2v) is 3.63. The highest BCUT2D eigenvalue weighted by molar-refractivity contribution is 6.11. The van der Waals surface area contributed by atoms with Crippen LogP contribution in [-0.4, -0.2) is 15.8 Å². The number of phenols is 1. The molecule has 0 radical (unpaired) electrons. The quantitative estimate of drug-likeness (QED) is 0.510. The van der Waals surface area contributed by atoms with Crippen molar-refractivity contribution >= 4 is 11.5 Å². The molecule has 0 fully saturated rings. The van der Waals surface area contributed by atoms with E-state index in [9.17, 15) is 20.0 Å². The molecule has 0 aromatic heterocycles. The lowest BCUT2D eigenvalue weighted by molar-refractivity contribution is -0.385. The number of aromatic hydroxyl groups is 1. The standard InChI is InChI=1S/C13H9NO4/c15-12(9-5-2-1-3-6-9)10-7-4-8-11(13(10)16)14(17)18/h1-8,16H. The van der Waals surface area contributed by atoms with Gasteiger partial charge >= 0.3 is 5.69 Å². The molecule has 0 unspecified atom stereocenters. The Labute approximate surface area is 102 Å². The monoisotopic (exact) mass is 243 g/mol. The molecule has 0 aliphatic heterocycles. The molecular weight excluding hydrogens is 234 g/mol. The van der Waals surface area contributed by atoms with Gasteiger partial charge in [0.1, 0.15) is 0 Å². The molecule has 2 aromatic carbocycles. The maximum atomic E-state index is 12.1. The number of carbonyl (C=O) groups is 1. The van der Waals surface area contributed by atoms with Crippen LogP contribution in [0.4, 0.5) is 5.69 Å². The summed E-state index contributed by atoms with van der Waals surface area (Å²) in [6.07, 6.45) is 0. The van der Waals surface area contributed by atoms with Crippen molar-refractivity contribution in [3.63, 3.8) is 0 Å². The Kier molecular flexibility index (Phi) is 3.05. The molecule has 0 aliphatic rings. The largest absolute Gasteiger partial charge is 0.502 e. The average Bonchev–Trinajstić information content (AvgIpc) is 2.39. The zero-order valence-electron chi connectivity index (χ0n) is 9.24. The number of carbonyl (C=O) groups excluding carboxylic acids is 1. The minimum atomic E-state index is -0.725. The summed E-state index contributed by atoms with van der Waals surface area (Å²) in [5, 5.41) is 20.4. The van der Waals surface area contributed by atoms with Gasteiger partial charge in [-0.1, -0.05) is 36.4 Å². The Morgan fingerprint density at radius 1 is 1.06 bits per heavy atom. The fourth-order valence-electron chi connectivity index (χ4n) is 1.61. The smallest absolute Gasteiger partial charge is 0.311 e. The molecule has 0 spiro atoms. The molecule has 0 atom stereocenters. The zero-order valence-corrected chi connectivity index (χ0v) is 9.24. The normalized spacial score (nSPS) is 10.0. The van der Waals surface area contributed by atoms with Crippen molar-refractivity contribution in [2.24, 2.45) is 0 Å². The molecule has 90 valence electrons. The lowest BCUT2D eigenvalue weighted by atomic mass is 10.0. The summed E-state index contributed by atoms with van der Waals surface area (Å²) in [7, 11) is 0. The van der Waals surface area contributed by atoms with Gasteiger partial charge in [0.05, 0.1) is 10.5 Å². The maximum Gasteiger partial charge on any atom is 0.311 e. The van der Waals surface area contributed by atoms with Gasteiger partial charge in [0.25, 0.3) is 0 Å². The Morgan fingerprint density at radius 3 is 2.33 bits per heavy atom. The summed E-state index contributed by atoms with van der Waals surface area (Å²) >= 11 is 0. The molecular formula is C13H9NO4. The number of nitro benzene ring substituents is 1. The molecule has 0 aliphatic carbocycles. The van der Waals surface area contributed by atoms with Crippen LogP contribution >= 0.6 is 0 Å². The molecule has 0 saturated heterocycles. The Bertz CT molecular complexity index is 608. The molecule has 5 nitrogen and oxygen atoms in total. The van der Waals surface area contributed by atoms with E-state index < -0.39 is 22.1 Å². The summed E-state index contributed by atoms with van der Waals surface area (Å²) in [5.74, 6) is -1.05. The topological polar surface area (TPSA) is 80.4 Å². The Balaban J connectivity index is 2.50. The van der Waals surface area contributed by atoms with Crippen LogP contribution < -0.4 is 0 Å². The van der Waals surface area contributed by atoms with Gasteiger partial charge in [0.15, 0.2) is 5.78 Å². The van der Waals surface area contributed by atoms with Gasteiger partial charge < -0.3 is 5.11 Å². The Hall–Kier alpha value is -2.69. The predicted octanol–water partition coefficient (Wildman–Crippen LogP) is 2.53. The highest BCUT2D eigenvalue weighted by Crippen LogP contribution is 2.30. The number of rotatable bonds is 3. The van der Waals surface area contributed by atoms with E-state index in [0.717, 1.165) is 6.07 Å². The first kappa shape index (κ1) is 11.8. The van der Waals surface area contributed by atoms with Crippen LogP contribution in [0.15, 0.2) is 48.5 Å². The van der Waals surface area contributed by atoms with Gasteiger partial charge in [-0.2, -0.15) is 0 Å². The first-order valence-electron chi connectivity index (χ1n) is 5.17. The van der Waals surface area contributed by atoms with Gasteiger partial charge in [-0.15, -0.1) is 0 Å². The number of benzene rings is 2. The third-order valence-corrected chi connectivity index (χ3v) is 2.49. The summed E-state index contributed by atoms with van der Waals surface area (Å²) in [5.41, 5.74) is -0.180. The first-order chi connectivity index (χ1) is 8.61. The number of phenolic OH excluding ortho intramolecular Hbond substituents is 1. The van der Waals surface area contributed by atoms with Gasteiger partial charge in [0, 0.05) is 11.6 Å². The molecule has 5 heteroatoms. The number of nitro groups is 1. The van der Waals surface area contributed by atoms with Crippen LogP contribution in [0.3, 0.4) is 0 Å². The summed E-state index contributed by atoms with van der Waals surface area (Å²) in [4.78, 5) is 22.0. The highest BCUT2D eigenvalue weighted by atomic mass is 16.6. The van der Waals surface area contributed by atoms with Crippen molar-refractivity contribution in [1.29, 1.82) is 0 Å². The lowest BCUT2D eigenvalue weighted by Crippen LogP contribution is -2.02. The van der Waals surface area contributed by atoms with Crippen molar-refractivity contribution < 1.29 is 14.8 Å². The van der Waals surface area contributed by atoms with Crippen LogP contribution in [0.25, 0.3) is 0 Å². The van der Waals surface area contributed by atoms with E-state index in [-0.39, 0.29) is 5.56 Å². The van der Waals surface area contributed by atoms with Crippen LogP contribution in [-0.2, 0) is 0 Å². The lowest BCUT2D eigenvalue weighted by Gasteiger charge is -2.04. The van der Waals surface area contributed by atoms with Gasteiger partial charge in [0.2, 0.25) is 5.75 Å². The second kappa shape index (κ2) is 4.67. The molecule has 2 aromatic rings. The minimum absolute atomic E-state index is 0.0737. The Morgan fingerprint density at radius 2 is 1.72 bits per heavy atom. The molecule has 0 saturated carbocycles. The highest BCUT2D eigenvalue weighted by Gasteiger charge is 2.21. The fraction of sp³-hybridized carbons (Fsp3) is 0. The zero-order chi connectivity index (χ0) is 13.1. The van der Waals surface area contributed by atoms with Crippen molar-refractivity contribution in [3.05, 3.63) is 69.8 Å². The molecule has 18 heavy (non-hydrogen) atoms. The second-order valence-electron chi connectivity index (χ2n) is 3.63. The third-order valence-electron chi connectivity index (χ3n) is 2.49. The molecule has 1 N–H and O–H groups in total. The van der Waals surface area contributed by atoms with Crippen molar-refractivity contribution in [3.8, 4) is 5.75 Å².